The molecule has 1 aliphatic rings. The SMILES string of the molecule is Cc1nc2ncccc2cc1-c1n[nH]c(C2CC2)n1. The first-order chi connectivity index (χ1) is 9.31. The van der Waals surface area contributed by atoms with E-state index in [1.54, 1.807) is 6.20 Å². The number of hydrogen-bond donors (Lipinski definition) is 1. The monoisotopic (exact) mass is 251 g/mol. The van der Waals surface area contributed by atoms with Crippen LogP contribution in [0.3, 0.4) is 0 Å². The minimum absolute atomic E-state index is 0.580. The zero-order chi connectivity index (χ0) is 12.8. The van der Waals surface area contributed by atoms with Gasteiger partial charge < -0.3 is 0 Å². The van der Waals surface area contributed by atoms with E-state index in [9.17, 15) is 0 Å². The van der Waals surface area contributed by atoms with E-state index in [-0.39, 0.29) is 0 Å². The van der Waals surface area contributed by atoms with Gasteiger partial charge in [0, 0.05) is 23.1 Å². The summed E-state index contributed by atoms with van der Waals surface area (Å²) in [5.41, 5.74) is 2.65. The maximum absolute atomic E-state index is 4.58. The predicted molar refractivity (Wildman–Crippen MR) is 71.6 cm³/mol. The fourth-order valence-corrected chi connectivity index (χ4v) is 2.25. The van der Waals surface area contributed by atoms with Crippen molar-refractivity contribution < 1.29 is 0 Å². The van der Waals surface area contributed by atoms with E-state index >= 15 is 0 Å². The van der Waals surface area contributed by atoms with Crippen LogP contribution in [0.4, 0.5) is 0 Å². The van der Waals surface area contributed by atoms with Crippen molar-refractivity contribution in [2.45, 2.75) is 25.7 Å². The highest BCUT2D eigenvalue weighted by Gasteiger charge is 2.27. The number of aromatic nitrogens is 5. The molecule has 0 bridgehead atoms. The lowest BCUT2D eigenvalue weighted by atomic mass is 10.1. The molecular formula is C14H13N5. The van der Waals surface area contributed by atoms with Crippen molar-refractivity contribution in [2.24, 2.45) is 0 Å². The van der Waals surface area contributed by atoms with Crippen LogP contribution in [0.15, 0.2) is 24.4 Å². The van der Waals surface area contributed by atoms with Gasteiger partial charge in [0.25, 0.3) is 0 Å². The van der Waals surface area contributed by atoms with Crippen molar-refractivity contribution in [1.29, 1.82) is 0 Å². The lowest BCUT2D eigenvalue weighted by Crippen LogP contribution is -1.92. The number of rotatable bonds is 2. The Morgan fingerprint density at radius 1 is 1.26 bits per heavy atom. The largest absolute Gasteiger partial charge is 0.262 e. The van der Waals surface area contributed by atoms with E-state index in [0.29, 0.717) is 5.92 Å². The molecule has 0 radical (unpaired) electrons. The summed E-state index contributed by atoms with van der Waals surface area (Å²) in [5, 5.41) is 8.37. The molecule has 3 aromatic rings. The van der Waals surface area contributed by atoms with E-state index in [1.165, 1.54) is 12.8 Å². The van der Waals surface area contributed by atoms with Crippen LogP contribution in [0.1, 0.15) is 30.3 Å². The lowest BCUT2D eigenvalue weighted by molar-refractivity contribution is 0.935. The van der Waals surface area contributed by atoms with Gasteiger partial charge in [-0.3, -0.25) is 5.10 Å². The molecule has 1 aliphatic carbocycles. The van der Waals surface area contributed by atoms with Crippen LogP contribution in [0, 0.1) is 6.92 Å². The number of fused-ring (bicyclic) bond motifs is 1. The summed E-state index contributed by atoms with van der Waals surface area (Å²) in [6.07, 6.45) is 4.19. The minimum atomic E-state index is 0.580. The zero-order valence-corrected chi connectivity index (χ0v) is 10.6. The maximum Gasteiger partial charge on any atom is 0.182 e. The minimum Gasteiger partial charge on any atom is -0.262 e. The first-order valence-corrected chi connectivity index (χ1v) is 6.46. The van der Waals surface area contributed by atoms with Crippen molar-refractivity contribution in [3.63, 3.8) is 0 Å². The lowest BCUT2D eigenvalue weighted by Gasteiger charge is -2.03. The molecule has 0 spiro atoms. The molecule has 0 unspecified atom stereocenters. The second-order valence-electron chi connectivity index (χ2n) is 4.99. The summed E-state index contributed by atoms with van der Waals surface area (Å²) in [7, 11) is 0. The Bertz CT molecular complexity index is 757. The number of pyridine rings is 2. The quantitative estimate of drug-likeness (QED) is 0.760. The molecule has 1 N–H and O–H groups in total. The van der Waals surface area contributed by atoms with Gasteiger partial charge in [0.1, 0.15) is 5.82 Å². The fraction of sp³-hybridized carbons (Fsp3) is 0.286. The maximum atomic E-state index is 4.58. The molecule has 3 heterocycles. The van der Waals surface area contributed by atoms with Crippen LogP contribution >= 0.6 is 0 Å². The average molecular weight is 251 g/mol. The Hall–Kier alpha value is -2.30. The smallest absolute Gasteiger partial charge is 0.182 e. The summed E-state index contributed by atoms with van der Waals surface area (Å²) in [5.74, 6) is 2.31. The van der Waals surface area contributed by atoms with Gasteiger partial charge in [-0.05, 0) is 38.0 Å². The Labute approximate surface area is 110 Å². The van der Waals surface area contributed by atoms with E-state index < -0.39 is 0 Å². The topological polar surface area (TPSA) is 67.3 Å². The summed E-state index contributed by atoms with van der Waals surface area (Å²) in [4.78, 5) is 13.4. The van der Waals surface area contributed by atoms with Gasteiger partial charge in [0.2, 0.25) is 0 Å². The van der Waals surface area contributed by atoms with Gasteiger partial charge in [0.05, 0.1) is 5.69 Å². The molecule has 0 amide bonds. The molecule has 0 saturated heterocycles. The molecule has 5 heteroatoms. The van der Waals surface area contributed by atoms with Crippen molar-refractivity contribution in [3.05, 3.63) is 35.9 Å². The third-order valence-corrected chi connectivity index (χ3v) is 3.49. The molecule has 1 fully saturated rings. The number of hydrogen-bond acceptors (Lipinski definition) is 4. The number of nitrogens with zero attached hydrogens (tertiary/aromatic N) is 4. The number of aromatic amines is 1. The van der Waals surface area contributed by atoms with Crippen molar-refractivity contribution in [1.82, 2.24) is 25.1 Å². The van der Waals surface area contributed by atoms with Crippen LogP contribution in [-0.2, 0) is 0 Å². The molecule has 3 aromatic heterocycles. The molecule has 4 rings (SSSR count). The van der Waals surface area contributed by atoms with E-state index in [1.807, 2.05) is 19.1 Å². The van der Waals surface area contributed by atoms with Crippen molar-refractivity contribution in [2.75, 3.05) is 0 Å². The predicted octanol–water partition coefficient (Wildman–Crippen LogP) is 2.60. The highest BCUT2D eigenvalue weighted by molar-refractivity contribution is 5.80. The zero-order valence-electron chi connectivity index (χ0n) is 10.6. The standard InChI is InChI=1S/C14H13N5/c1-8-11(7-10-3-2-6-15-12(10)16-8)14-17-13(18-19-14)9-4-5-9/h2-3,6-7,9H,4-5H2,1H3,(H,17,18,19). The number of nitrogens with one attached hydrogen (secondary N) is 1. The van der Waals surface area contributed by atoms with Gasteiger partial charge in [0.15, 0.2) is 11.5 Å². The molecular weight excluding hydrogens is 238 g/mol. The summed E-state index contributed by atoms with van der Waals surface area (Å²) < 4.78 is 0. The second kappa shape index (κ2) is 3.85. The molecule has 94 valence electrons. The van der Waals surface area contributed by atoms with E-state index in [0.717, 1.165) is 33.9 Å². The molecule has 0 aromatic carbocycles. The highest BCUT2D eigenvalue weighted by Crippen LogP contribution is 2.38. The van der Waals surface area contributed by atoms with Crippen molar-refractivity contribution >= 4 is 11.0 Å². The van der Waals surface area contributed by atoms with Crippen LogP contribution in [-0.4, -0.2) is 25.1 Å². The van der Waals surface area contributed by atoms with Gasteiger partial charge in [-0.2, -0.15) is 5.10 Å². The highest BCUT2D eigenvalue weighted by atomic mass is 15.2. The van der Waals surface area contributed by atoms with E-state index in [4.69, 9.17) is 0 Å². The number of aryl methyl sites for hydroxylation is 1. The van der Waals surface area contributed by atoms with Crippen LogP contribution < -0.4 is 0 Å². The first-order valence-electron chi connectivity index (χ1n) is 6.46. The Morgan fingerprint density at radius 2 is 2.16 bits per heavy atom. The molecule has 5 nitrogen and oxygen atoms in total. The van der Waals surface area contributed by atoms with Gasteiger partial charge in [-0.1, -0.05) is 0 Å². The summed E-state index contributed by atoms with van der Waals surface area (Å²) in [6, 6.07) is 5.98. The summed E-state index contributed by atoms with van der Waals surface area (Å²) >= 11 is 0. The van der Waals surface area contributed by atoms with Crippen LogP contribution in [0.2, 0.25) is 0 Å². The Balaban J connectivity index is 1.86. The van der Waals surface area contributed by atoms with Gasteiger partial charge in [-0.25, -0.2) is 15.0 Å². The fourth-order valence-electron chi connectivity index (χ4n) is 2.25. The van der Waals surface area contributed by atoms with Gasteiger partial charge in [-0.15, -0.1) is 0 Å². The van der Waals surface area contributed by atoms with Crippen LogP contribution in [0.5, 0.6) is 0 Å². The third-order valence-electron chi connectivity index (χ3n) is 3.49. The van der Waals surface area contributed by atoms with Crippen molar-refractivity contribution in [3.8, 4) is 11.4 Å². The Morgan fingerprint density at radius 3 is 3.00 bits per heavy atom. The van der Waals surface area contributed by atoms with E-state index in [2.05, 4.69) is 31.2 Å². The molecule has 1 saturated carbocycles. The third kappa shape index (κ3) is 1.78. The van der Waals surface area contributed by atoms with Crippen LogP contribution in [0.25, 0.3) is 22.4 Å². The number of H-pyrrole nitrogens is 1. The first kappa shape index (κ1) is 10.6. The van der Waals surface area contributed by atoms with Gasteiger partial charge >= 0.3 is 0 Å². The average Bonchev–Trinajstić information content (AvgIpc) is 3.16. The normalized spacial score (nSPS) is 15.0. The summed E-state index contributed by atoms with van der Waals surface area (Å²) in [6.45, 7) is 1.97. The molecule has 0 atom stereocenters. The molecule has 19 heavy (non-hydrogen) atoms. The Kier molecular flexibility index (Phi) is 2.15. The molecule has 0 aliphatic heterocycles. The second-order valence-corrected chi connectivity index (χ2v) is 4.99.